The molecule has 1 saturated carbocycles. The van der Waals surface area contributed by atoms with Crippen molar-refractivity contribution in [3.63, 3.8) is 0 Å². The van der Waals surface area contributed by atoms with Crippen LogP contribution in [0.5, 0.6) is 5.75 Å². The Morgan fingerprint density at radius 1 is 0.867 bits per heavy atom. The van der Waals surface area contributed by atoms with E-state index in [0.29, 0.717) is 22.7 Å². The number of halogens is 2. The standard InChI is InChI=1S/C26H29Cl2NO/c27-21-14-12-20(25(28)16-21)18-30-26-15-13-19-8-6-7-11-23(19)24(26)17-29-22-9-4-2-1-3-5-10-22/h6-8,11-16,22,29H,1-5,9-10,17-18H2. The van der Waals surface area contributed by atoms with Crippen LogP contribution in [0, 0.1) is 0 Å². The summed E-state index contributed by atoms with van der Waals surface area (Å²) in [7, 11) is 0. The molecule has 0 saturated heterocycles. The Balaban J connectivity index is 1.54. The number of rotatable bonds is 6. The second-order valence-corrected chi connectivity index (χ2v) is 9.05. The quantitative estimate of drug-likeness (QED) is 0.419. The Morgan fingerprint density at radius 2 is 1.63 bits per heavy atom. The molecular weight excluding hydrogens is 413 g/mol. The molecule has 0 spiro atoms. The Morgan fingerprint density at radius 3 is 2.43 bits per heavy atom. The van der Waals surface area contributed by atoms with Crippen molar-refractivity contribution in [2.75, 3.05) is 0 Å². The third-order valence-electron chi connectivity index (χ3n) is 6.07. The Labute approximate surface area is 189 Å². The van der Waals surface area contributed by atoms with Crippen molar-refractivity contribution in [1.82, 2.24) is 5.32 Å². The summed E-state index contributed by atoms with van der Waals surface area (Å²) in [6.45, 7) is 1.24. The maximum Gasteiger partial charge on any atom is 0.124 e. The van der Waals surface area contributed by atoms with Crippen molar-refractivity contribution in [3.8, 4) is 5.75 Å². The van der Waals surface area contributed by atoms with Gasteiger partial charge in [-0.1, -0.05) is 91.7 Å². The van der Waals surface area contributed by atoms with E-state index in [2.05, 4.69) is 41.7 Å². The summed E-state index contributed by atoms with van der Waals surface area (Å²) in [5.74, 6) is 0.915. The molecular formula is C26H29Cl2NO. The molecule has 0 aromatic heterocycles. The third kappa shape index (κ3) is 5.49. The first-order valence-corrected chi connectivity index (χ1v) is 11.8. The number of benzene rings is 3. The molecule has 3 aromatic rings. The fourth-order valence-electron chi connectivity index (χ4n) is 4.33. The van der Waals surface area contributed by atoms with Gasteiger partial charge in [0.25, 0.3) is 0 Å². The zero-order chi connectivity index (χ0) is 20.8. The molecule has 0 atom stereocenters. The number of hydrogen-bond donors (Lipinski definition) is 1. The van der Waals surface area contributed by atoms with E-state index in [-0.39, 0.29) is 0 Å². The smallest absolute Gasteiger partial charge is 0.124 e. The topological polar surface area (TPSA) is 21.3 Å². The van der Waals surface area contributed by atoms with Crippen LogP contribution < -0.4 is 10.1 Å². The first-order valence-electron chi connectivity index (χ1n) is 11.0. The summed E-state index contributed by atoms with van der Waals surface area (Å²) in [6.07, 6.45) is 9.30. The van der Waals surface area contributed by atoms with E-state index >= 15 is 0 Å². The van der Waals surface area contributed by atoms with Gasteiger partial charge in [-0.3, -0.25) is 0 Å². The lowest BCUT2D eigenvalue weighted by atomic mass is 9.96. The highest BCUT2D eigenvalue weighted by Crippen LogP contribution is 2.30. The minimum Gasteiger partial charge on any atom is -0.488 e. The molecule has 0 unspecified atom stereocenters. The summed E-state index contributed by atoms with van der Waals surface area (Å²) < 4.78 is 6.27. The van der Waals surface area contributed by atoms with E-state index in [9.17, 15) is 0 Å². The van der Waals surface area contributed by atoms with E-state index in [1.165, 1.54) is 61.3 Å². The molecule has 2 nitrogen and oxygen atoms in total. The predicted octanol–water partition coefficient (Wildman–Crippen LogP) is 7.93. The molecule has 4 heteroatoms. The van der Waals surface area contributed by atoms with Crippen LogP contribution >= 0.6 is 23.2 Å². The Kier molecular flexibility index (Phi) is 7.54. The average molecular weight is 442 g/mol. The van der Waals surface area contributed by atoms with Crippen LogP contribution in [0.3, 0.4) is 0 Å². The highest BCUT2D eigenvalue weighted by atomic mass is 35.5. The molecule has 1 aliphatic rings. The lowest BCUT2D eigenvalue weighted by Crippen LogP contribution is -2.29. The largest absolute Gasteiger partial charge is 0.488 e. The van der Waals surface area contributed by atoms with Gasteiger partial charge in [-0.2, -0.15) is 0 Å². The van der Waals surface area contributed by atoms with Crippen LogP contribution in [0.2, 0.25) is 10.0 Å². The van der Waals surface area contributed by atoms with Crippen LogP contribution in [0.25, 0.3) is 10.8 Å². The first-order chi connectivity index (χ1) is 14.7. The van der Waals surface area contributed by atoms with E-state index < -0.39 is 0 Å². The van der Waals surface area contributed by atoms with Crippen molar-refractivity contribution < 1.29 is 4.74 Å². The molecule has 0 bridgehead atoms. The number of nitrogens with one attached hydrogen (secondary N) is 1. The molecule has 158 valence electrons. The normalized spacial score (nSPS) is 15.7. The minimum absolute atomic E-state index is 0.421. The molecule has 0 amide bonds. The molecule has 1 N–H and O–H groups in total. The van der Waals surface area contributed by atoms with Gasteiger partial charge < -0.3 is 10.1 Å². The predicted molar refractivity (Wildman–Crippen MR) is 128 cm³/mol. The summed E-state index contributed by atoms with van der Waals surface area (Å²) in [4.78, 5) is 0. The van der Waals surface area contributed by atoms with Gasteiger partial charge in [0.2, 0.25) is 0 Å². The van der Waals surface area contributed by atoms with E-state index in [4.69, 9.17) is 27.9 Å². The van der Waals surface area contributed by atoms with Gasteiger partial charge in [0.15, 0.2) is 0 Å². The van der Waals surface area contributed by atoms with Crippen molar-refractivity contribution in [2.24, 2.45) is 0 Å². The van der Waals surface area contributed by atoms with Crippen LogP contribution in [-0.2, 0) is 13.2 Å². The number of ether oxygens (including phenoxy) is 1. The fourth-order valence-corrected chi connectivity index (χ4v) is 4.80. The van der Waals surface area contributed by atoms with Crippen LogP contribution in [0.4, 0.5) is 0 Å². The van der Waals surface area contributed by atoms with Gasteiger partial charge in [-0.25, -0.2) is 0 Å². The molecule has 1 fully saturated rings. The molecule has 0 heterocycles. The highest BCUT2D eigenvalue weighted by molar-refractivity contribution is 6.35. The summed E-state index contributed by atoms with van der Waals surface area (Å²) in [5, 5.41) is 7.59. The second kappa shape index (κ2) is 10.5. The van der Waals surface area contributed by atoms with Crippen molar-refractivity contribution >= 4 is 34.0 Å². The summed E-state index contributed by atoms with van der Waals surface area (Å²) in [5.41, 5.74) is 2.16. The summed E-state index contributed by atoms with van der Waals surface area (Å²) >= 11 is 12.4. The van der Waals surface area contributed by atoms with Crippen LogP contribution in [0.1, 0.15) is 56.1 Å². The molecule has 4 rings (SSSR count). The first kappa shape index (κ1) is 21.5. The lowest BCUT2D eigenvalue weighted by molar-refractivity contribution is 0.301. The van der Waals surface area contributed by atoms with Crippen molar-refractivity contribution in [1.29, 1.82) is 0 Å². The maximum atomic E-state index is 6.35. The van der Waals surface area contributed by atoms with E-state index in [0.717, 1.165) is 17.9 Å². The molecule has 1 aliphatic carbocycles. The van der Waals surface area contributed by atoms with Gasteiger partial charge in [0.1, 0.15) is 12.4 Å². The Bertz CT molecular complexity index is 980. The SMILES string of the molecule is Clc1ccc(COc2ccc3ccccc3c2CNC2CCCCCCC2)c(Cl)c1. The van der Waals surface area contributed by atoms with Gasteiger partial charge in [0.05, 0.1) is 0 Å². The third-order valence-corrected chi connectivity index (χ3v) is 6.66. The van der Waals surface area contributed by atoms with Crippen LogP contribution in [0.15, 0.2) is 54.6 Å². The van der Waals surface area contributed by atoms with Gasteiger partial charge in [0, 0.05) is 33.8 Å². The molecule has 0 radical (unpaired) electrons. The maximum absolute atomic E-state index is 6.35. The van der Waals surface area contributed by atoms with Crippen LogP contribution in [-0.4, -0.2) is 6.04 Å². The second-order valence-electron chi connectivity index (χ2n) is 8.21. The zero-order valence-corrected chi connectivity index (χ0v) is 18.8. The molecule has 0 aliphatic heterocycles. The van der Waals surface area contributed by atoms with Gasteiger partial charge >= 0.3 is 0 Å². The zero-order valence-electron chi connectivity index (χ0n) is 17.3. The van der Waals surface area contributed by atoms with Gasteiger partial charge in [-0.15, -0.1) is 0 Å². The van der Waals surface area contributed by atoms with E-state index in [1.807, 2.05) is 12.1 Å². The summed E-state index contributed by atoms with van der Waals surface area (Å²) in [6, 6.07) is 18.9. The monoisotopic (exact) mass is 441 g/mol. The highest BCUT2D eigenvalue weighted by Gasteiger charge is 2.14. The minimum atomic E-state index is 0.421. The van der Waals surface area contributed by atoms with E-state index in [1.54, 1.807) is 6.07 Å². The lowest BCUT2D eigenvalue weighted by Gasteiger charge is -2.22. The van der Waals surface area contributed by atoms with Crippen molar-refractivity contribution in [3.05, 3.63) is 75.8 Å². The number of fused-ring (bicyclic) bond motifs is 1. The Hall–Kier alpha value is -1.74. The fraction of sp³-hybridized carbons (Fsp3) is 0.385. The molecule has 3 aromatic carbocycles. The average Bonchev–Trinajstić information content (AvgIpc) is 2.73. The van der Waals surface area contributed by atoms with Gasteiger partial charge in [-0.05, 0) is 41.8 Å². The number of hydrogen-bond acceptors (Lipinski definition) is 2. The van der Waals surface area contributed by atoms with Crippen molar-refractivity contribution in [2.45, 2.75) is 64.1 Å². The molecule has 30 heavy (non-hydrogen) atoms.